The summed E-state index contributed by atoms with van der Waals surface area (Å²) in [5.41, 5.74) is 0. The Balaban J connectivity index is 1.80. The molecule has 0 aliphatic carbocycles. The number of nitrogens with one attached hydrogen (secondary N) is 2. The first-order chi connectivity index (χ1) is 9.08. The smallest absolute Gasteiger partial charge is 0.279 e. The quantitative estimate of drug-likeness (QED) is 0.641. The first kappa shape index (κ1) is 15.1. The summed E-state index contributed by atoms with van der Waals surface area (Å²) in [6.45, 7) is 8.38. The molecule has 112 valence electrons. The van der Waals surface area contributed by atoms with Gasteiger partial charge in [-0.25, -0.2) is 0 Å². The second-order valence-electron chi connectivity index (χ2n) is 5.09. The van der Waals surface area contributed by atoms with Crippen LogP contribution in [0.5, 0.6) is 0 Å². The van der Waals surface area contributed by atoms with Crippen molar-refractivity contribution in [3.63, 3.8) is 0 Å². The number of piperazine rings is 1. The number of nitrogens with zero attached hydrogens (tertiary/aromatic N) is 2. The van der Waals surface area contributed by atoms with Gasteiger partial charge in [0.15, 0.2) is 0 Å². The fourth-order valence-corrected chi connectivity index (χ4v) is 3.82. The molecule has 1 atom stereocenters. The van der Waals surface area contributed by atoms with Gasteiger partial charge in [-0.3, -0.25) is 4.90 Å². The first-order valence-electron chi connectivity index (χ1n) is 6.86. The highest BCUT2D eigenvalue weighted by Gasteiger charge is 2.26. The Hall–Kier alpha value is -0.250. The van der Waals surface area contributed by atoms with Crippen LogP contribution in [0.1, 0.15) is 6.92 Å². The third-order valence-corrected chi connectivity index (χ3v) is 5.15. The Morgan fingerprint density at radius 3 is 2.47 bits per heavy atom. The van der Waals surface area contributed by atoms with Gasteiger partial charge in [0.1, 0.15) is 0 Å². The molecule has 2 saturated heterocycles. The molecule has 0 aromatic heterocycles. The molecule has 0 amide bonds. The molecule has 2 N–H and O–H groups in total. The summed E-state index contributed by atoms with van der Waals surface area (Å²) in [7, 11) is -3.35. The van der Waals surface area contributed by atoms with E-state index in [1.54, 1.807) is 0 Å². The monoisotopic (exact) mass is 292 g/mol. The van der Waals surface area contributed by atoms with Gasteiger partial charge >= 0.3 is 0 Å². The predicted octanol–water partition coefficient (Wildman–Crippen LogP) is -1.55. The van der Waals surface area contributed by atoms with Gasteiger partial charge < -0.3 is 10.1 Å². The highest BCUT2D eigenvalue weighted by atomic mass is 32.2. The van der Waals surface area contributed by atoms with Crippen molar-refractivity contribution in [2.45, 2.75) is 13.0 Å². The van der Waals surface area contributed by atoms with Gasteiger partial charge in [-0.2, -0.15) is 17.4 Å². The molecule has 1 unspecified atom stereocenters. The molecule has 0 bridgehead atoms. The topological polar surface area (TPSA) is 73.9 Å². The minimum atomic E-state index is -3.35. The number of morpholine rings is 1. The summed E-state index contributed by atoms with van der Waals surface area (Å²) in [5, 5.41) is 3.15. The maximum absolute atomic E-state index is 12.2. The van der Waals surface area contributed by atoms with Crippen LogP contribution >= 0.6 is 0 Å². The van der Waals surface area contributed by atoms with Crippen molar-refractivity contribution in [1.82, 2.24) is 19.2 Å². The highest BCUT2D eigenvalue weighted by molar-refractivity contribution is 7.87. The zero-order chi connectivity index (χ0) is 13.7. The fourth-order valence-electron chi connectivity index (χ4n) is 2.42. The highest BCUT2D eigenvalue weighted by Crippen LogP contribution is 2.03. The molecule has 2 heterocycles. The van der Waals surface area contributed by atoms with Gasteiger partial charge in [-0.05, 0) is 6.92 Å². The Kier molecular flexibility index (Phi) is 5.55. The average Bonchev–Trinajstić information content (AvgIpc) is 2.40. The molecular formula is C11H24N4O3S. The van der Waals surface area contributed by atoms with Crippen LogP contribution in [0.4, 0.5) is 0 Å². The maximum Gasteiger partial charge on any atom is 0.279 e. The van der Waals surface area contributed by atoms with E-state index in [0.29, 0.717) is 13.1 Å². The molecule has 7 nitrogen and oxygen atoms in total. The summed E-state index contributed by atoms with van der Waals surface area (Å²) in [6, 6.07) is -0.0852. The molecule has 0 spiro atoms. The third kappa shape index (κ3) is 4.66. The molecule has 2 aliphatic rings. The van der Waals surface area contributed by atoms with Crippen molar-refractivity contribution in [3.05, 3.63) is 0 Å². The number of hydrogen-bond donors (Lipinski definition) is 2. The lowest BCUT2D eigenvalue weighted by molar-refractivity contribution is 0.0353. The zero-order valence-corrected chi connectivity index (χ0v) is 12.3. The van der Waals surface area contributed by atoms with Crippen molar-refractivity contribution in [3.8, 4) is 0 Å². The van der Waals surface area contributed by atoms with E-state index in [-0.39, 0.29) is 6.04 Å². The summed E-state index contributed by atoms with van der Waals surface area (Å²) in [5.74, 6) is 0. The Labute approximate surface area is 115 Å². The van der Waals surface area contributed by atoms with E-state index in [2.05, 4.69) is 14.9 Å². The van der Waals surface area contributed by atoms with Crippen LogP contribution in [0.25, 0.3) is 0 Å². The Morgan fingerprint density at radius 2 is 1.84 bits per heavy atom. The lowest BCUT2D eigenvalue weighted by Crippen LogP contribution is -2.54. The maximum atomic E-state index is 12.2. The zero-order valence-electron chi connectivity index (χ0n) is 11.5. The van der Waals surface area contributed by atoms with Crippen LogP contribution in [0.2, 0.25) is 0 Å². The largest absolute Gasteiger partial charge is 0.379 e. The summed E-state index contributed by atoms with van der Waals surface area (Å²) in [6.07, 6.45) is 0. The second kappa shape index (κ2) is 6.96. The van der Waals surface area contributed by atoms with Crippen LogP contribution in [-0.4, -0.2) is 82.7 Å². The lowest BCUT2D eigenvalue weighted by Gasteiger charge is -2.31. The molecule has 2 aliphatic heterocycles. The standard InChI is InChI=1S/C11H24N4O3S/c1-11(10-14-6-8-18-9-7-14)13-19(16,17)15-4-2-12-3-5-15/h11-13H,2-10H2,1H3. The van der Waals surface area contributed by atoms with Gasteiger partial charge in [0.25, 0.3) is 10.2 Å². The Morgan fingerprint density at radius 1 is 1.21 bits per heavy atom. The van der Waals surface area contributed by atoms with Crippen LogP contribution in [0.15, 0.2) is 0 Å². The third-order valence-electron chi connectivity index (χ3n) is 3.40. The lowest BCUT2D eigenvalue weighted by atomic mass is 10.3. The molecule has 2 fully saturated rings. The van der Waals surface area contributed by atoms with Crippen molar-refractivity contribution in [2.24, 2.45) is 0 Å². The van der Waals surface area contributed by atoms with E-state index in [1.165, 1.54) is 4.31 Å². The summed E-state index contributed by atoms with van der Waals surface area (Å²) in [4.78, 5) is 2.23. The van der Waals surface area contributed by atoms with Gasteiger partial charge in [-0.1, -0.05) is 0 Å². The molecular weight excluding hydrogens is 268 g/mol. The van der Waals surface area contributed by atoms with E-state index in [0.717, 1.165) is 45.9 Å². The van der Waals surface area contributed by atoms with Gasteiger partial charge in [-0.15, -0.1) is 0 Å². The van der Waals surface area contributed by atoms with Crippen LogP contribution in [0.3, 0.4) is 0 Å². The number of ether oxygens (including phenoxy) is 1. The minimum absolute atomic E-state index is 0.0852. The SMILES string of the molecule is CC(CN1CCOCC1)NS(=O)(=O)N1CCNCC1. The number of rotatable bonds is 5. The summed E-state index contributed by atoms with van der Waals surface area (Å²) < 4.78 is 33.9. The molecule has 0 aromatic rings. The van der Waals surface area contributed by atoms with Crippen LogP contribution in [0, 0.1) is 0 Å². The van der Waals surface area contributed by atoms with Crippen molar-refractivity contribution >= 4 is 10.2 Å². The van der Waals surface area contributed by atoms with E-state index in [9.17, 15) is 8.42 Å². The molecule has 2 rings (SSSR count). The fraction of sp³-hybridized carbons (Fsp3) is 1.00. The van der Waals surface area contributed by atoms with Crippen molar-refractivity contribution < 1.29 is 13.2 Å². The average molecular weight is 292 g/mol. The van der Waals surface area contributed by atoms with E-state index in [1.807, 2.05) is 6.92 Å². The molecule has 8 heteroatoms. The summed E-state index contributed by atoms with van der Waals surface area (Å²) >= 11 is 0. The van der Waals surface area contributed by atoms with E-state index >= 15 is 0 Å². The normalized spacial score (nSPS) is 25.3. The van der Waals surface area contributed by atoms with Gasteiger partial charge in [0, 0.05) is 51.9 Å². The molecule has 19 heavy (non-hydrogen) atoms. The predicted molar refractivity (Wildman–Crippen MR) is 73.2 cm³/mol. The molecule has 0 saturated carbocycles. The van der Waals surface area contributed by atoms with Gasteiger partial charge in [0.2, 0.25) is 0 Å². The first-order valence-corrected chi connectivity index (χ1v) is 8.30. The van der Waals surface area contributed by atoms with E-state index in [4.69, 9.17) is 4.74 Å². The molecule has 0 aromatic carbocycles. The van der Waals surface area contributed by atoms with Crippen molar-refractivity contribution in [1.29, 1.82) is 0 Å². The van der Waals surface area contributed by atoms with Crippen molar-refractivity contribution in [2.75, 3.05) is 59.0 Å². The van der Waals surface area contributed by atoms with Crippen LogP contribution in [-0.2, 0) is 14.9 Å². The Bertz CT molecular complexity index is 364. The van der Waals surface area contributed by atoms with E-state index < -0.39 is 10.2 Å². The number of hydrogen-bond acceptors (Lipinski definition) is 5. The van der Waals surface area contributed by atoms with Crippen LogP contribution < -0.4 is 10.0 Å². The van der Waals surface area contributed by atoms with Gasteiger partial charge in [0.05, 0.1) is 13.2 Å². The second-order valence-corrected chi connectivity index (χ2v) is 6.79. The molecule has 0 radical (unpaired) electrons. The minimum Gasteiger partial charge on any atom is -0.379 e.